The molecule has 8 heteroatoms. The molecule has 1 saturated carbocycles. The van der Waals surface area contributed by atoms with E-state index in [1.165, 1.54) is 0 Å². The smallest absolute Gasteiger partial charge is 0.230 e. The van der Waals surface area contributed by atoms with Crippen LogP contribution in [0.25, 0.3) is 0 Å². The van der Waals surface area contributed by atoms with Crippen molar-refractivity contribution in [1.82, 2.24) is 20.5 Å². The molecule has 1 aliphatic carbocycles. The Labute approximate surface area is 185 Å². The molecule has 1 heterocycles. The number of halogens is 1. The number of aliphatic imine (C=N–C) groups is 1. The molecule has 0 spiro atoms. The molecule has 1 amide bonds. The maximum absolute atomic E-state index is 12.7. The first-order valence-electron chi connectivity index (χ1n) is 9.75. The van der Waals surface area contributed by atoms with Crippen LogP contribution in [0, 0.1) is 5.41 Å². The monoisotopic (exact) mass is 503 g/mol. The Morgan fingerprint density at radius 3 is 2.64 bits per heavy atom. The van der Waals surface area contributed by atoms with Crippen LogP contribution in [0.2, 0.25) is 0 Å². The first-order chi connectivity index (χ1) is 13.0. The summed E-state index contributed by atoms with van der Waals surface area (Å²) in [6.07, 6.45) is 6.71. The minimum absolute atomic E-state index is 0. The zero-order chi connectivity index (χ0) is 19.7. The summed E-state index contributed by atoms with van der Waals surface area (Å²) >= 11 is 0. The third-order valence-corrected chi connectivity index (χ3v) is 4.98. The van der Waals surface area contributed by atoms with E-state index < -0.39 is 0 Å². The van der Waals surface area contributed by atoms with Crippen LogP contribution < -0.4 is 15.4 Å². The standard InChI is InChI=1S/C20H33N5O2.HI/c1-5-13-27-17-16(9-8-12-22-17)14-23-19(21-2)24-15-20(10-6-7-11-20)18(26)25(3)4;/h8-9,12H,5-7,10-11,13-15H2,1-4H3,(H2,21,23,24);1H. The van der Waals surface area contributed by atoms with Crippen LogP contribution in [-0.4, -0.2) is 56.0 Å². The number of carbonyl (C=O) groups excluding carboxylic acids is 1. The number of ether oxygens (including phenoxy) is 1. The van der Waals surface area contributed by atoms with E-state index in [1.54, 1.807) is 18.1 Å². The minimum atomic E-state index is -0.329. The lowest BCUT2D eigenvalue weighted by Crippen LogP contribution is -2.49. The second-order valence-electron chi connectivity index (χ2n) is 7.28. The van der Waals surface area contributed by atoms with E-state index in [2.05, 4.69) is 27.5 Å². The molecule has 2 rings (SSSR count). The summed E-state index contributed by atoms with van der Waals surface area (Å²) in [6, 6.07) is 3.89. The molecule has 0 atom stereocenters. The van der Waals surface area contributed by atoms with E-state index in [0.717, 1.165) is 37.7 Å². The average Bonchev–Trinajstić information content (AvgIpc) is 3.16. The number of nitrogens with one attached hydrogen (secondary N) is 2. The second kappa shape index (κ2) is 12.1. The molecule has 7 nitrogen and oxygen atoms in total. The molecule has 0 saturated heterocycles. The maximum atomic E-state index is 12.7. The van der Waals surface area contributed by atoms with E-state index in [9.17, 15) is 4.79 Å². The number of guanidine groups is 1. The van der Waals surface area contributed by atoms with E-state index in [0.29, 0.717) is 31.5 Å². The number of carbonyl (C=O) groups is 1. The Balaban J connectivity index is 0.00000392. The van der Waals surface area contributed by atoms with Gasteiger partial charge in [-0.2, -0.15) is 0 Å². The fourth-order valence-corrected chi connectivity index (χ4v) is 3.53. The van der Waals surface area contributed by atoms with Gasteiger partial charge in [0.05, 0.1) is 12.0 Å². The molecule has 1 aromatic rings. The van der Waals surface area contributed by atoms with Crippen LogP contribution in [0.1, 0.15) is 44.6 Å². The fourth-order valence-electron chi connectivity index (χ4n) is 3.53. The van der Waals surface area contributed by atoms with Gasteiger partial charge in [0.2, 0.25) is 11.8 Å². The normalized spacial score (nSPS) is 15.5. The second-order valence-corrected chi connectivity index (χ2v) is 7.28. The Kier molecular flexibility index (Phi) is 10.6. The minimum Gasteiger partial charge on any atom is -0.477 e. The van der Waals surface area contributed by atoms with E-state index >= 15 is 0 Å². The Bertz CT molecular complexity index is 645. The van der Waals surface area contributed by atoms with Gasteiger partial charge in [-0.1, -0.05) is 25.8 Å². The molecule has 0 aromatic carbocycles. The Hall–Kier alpha value is -1.58. The van der Waals surface area contributed by atoms with Gasteiger partial charge in [0.1, 0.15) is 0 Å². The molecule has 2 N–H and O–H groups in total. The fraction of sp³-hybridized carbons (Fsp3) is 0.650. The largest absolute Gasteiger partial charge is 0.477 e. The van der Waals surface area contributed by atoms with E-state index in [4.69, 9.17) is 4.74 Å². The summed E-state index contributed by atoms with van der Waals surface area (Å²) in [7, 11) is 5.40. The van der Waals surface area contributed by atoms with Crippen LogP contribution in [-0.2, 0) is 11.3 Å². The first-order valence-corrected chi connectivity index (χ1v) is 9.75. The van der Waals surface area contributed by atoms with Gasteiger partial charge in [-0.05, 0) is 25.3 Å². The lowest BCUT2D eigenvalue weighted by atomic mass is 9.84. The maximum Gasteiger partial charge on any atom is 0.230 e. The lowest BCUT2D eigenvalue weighted by Gasteiger charge is -2.31. The number of amides is 1. The van der Waals surface area contributed by atoms with Crippen LogP contribution in [0.4, 0.5) is 0 Å². The number of rotatable bonds is 8. The molecule has 0 aliphatic heterocycles. The Morgan fingerprint density at radius 2 is 2.04 bits per heavy atom. The SMILES string of the molecule is CCCOc1ncccc1CNC(=NC)NCC1(C(=O)N(C)C)CCCC1.I. The molecule has 1 aromatic heterocycles. The molecular weight excluding hydrogens is 469 g/mol. The molecular formula is C20H34IN5O2. The van der Waals surface area contributed by atoms with Gasteiger partial charge in [0.25, 0.3) is 0 Å². The van der Waals surface area contributed by atoms with Crippen LogP contribution in [0.5, 0.6) is 5.88 Å². The number of nitrogens with zero attached hydrogens (tertiary/aromatic N) is 3. The number of pyridine rings is 1. The number of hydrogen-bond donors (Lipinski definition) is 2. The van der Waals surface area contributed by atoms with Gasteiger partial charge in [-0.25, -0.2) is 4.98 Å². The summed E-state index contributed by atoms with van der Waals surface area (Å²) in [4.78, 5) is 23.0. The van der Waals surface area contributed by atoms with Gasteiger partial charge >= 0.3 is 0 Å². The Morgan fingerprint density at radius 1 is 1.32 bits per heavy atom. The van der Waals surface area contributed by atoms with Gasteiger partial charge in [-0.3, -0.25) is 9.79 Å². The highest BCUT2D eigenvalue weighted by atomic mass is 127. The summed E-state index contributed by atoms with van der Waals surface area (Å²) in [5.41, 5.74) is 0.652. The van der Waals surface area contributed by atoms with Crippen molar-refractivity contribution in [3.05, 3.63) is 23.9 Å². The van der Waals surface area contributed by atoms with Crippen molar-refractivity contribution >= 4 is 35.8 Å². The summed E-state index contributed by atoms with van der Waals surface area (Å²) in [5, 5.41) is 6.66. The van der Waals surface area contributed by atoms with Crippen molar-refractivity contribution < 1.29 is 9.53 Å². The van der Waals surface area contributed by atoms with Gasteiger partial charge in [-0.15, -0.1) is 24.0 Å². The van der Waals surface area contributed by atoms with E-state index in [1.807, 2.05) is 26.2 Å². The topological polar surface area (TPSA) is 78.8 Å². The lowest BCUT2D eigenvalue weighted by molar-refractivity contribution is -0.138. The third-order valence-electron chi connectivity index (χ3n) is 4.98. The third kappa shape index (κ3) is 6.49. The van der Waals surface area contributed by atoms with Crippen molar-refractivity contribution in [2.24, 2.45) is 10.4 Å². The molecule has 0 radical (unpaired) electrons. The van der Waals surface area contributed by atoms with Crippen molar-refractivity contribution in [2.75, 3.05) is 34.3 Å². The molecule has 28 heavy (non-hydrogen) atoms. The average molecular weight is 503 g/mol. The number of hydrogen-bond acceptors (Lipinski definition) is 4. The highest BCUT2D eigenvalue weighted by molar-refractivity contribution is 14.0. The van der Waals surface area contributed by atoms with Crippen molar-refractivity contribution in [1.29, 1.82) is 0 Å². The van der Waals surface area contributed by atoms with Gasteiger partial charge < -0.3 is 20.3 Å². The molecule has 1 fully saturated rings. The highest BCUT2D eigenvalue weighted by Crippen LogP contribution is 2.38. The first kappa shape index (κ1) is 24.5. The quantitative estimate of drug-likeness (QED) is 0.324. The summed E-state index contributed by atoms with van der Waals surface area (Å²) in [5.74, 6) is 1.53. The van der Waals surface area contributed by atoms with Gasteiger partial charge in [0.15, 0.2) is 5.96 Å². The summed E-state index contributed by atoms with van der Waals surface area (Å²) < 4.78 is 5.71. The summed E-state index contributed by atoms with van der Waals surface area (Å²) in [6.45, 7) is 3.86. The van der Waals surface area contributed by atoms with Crippen LogP contribution in [0.15, 0.2) is 23.3 Å². The zero-order valence-electron chi connectivity index (χ0n) is 17.5. The predicted molar refractivity (Wildman–Crippen MR) is 123 cm³/mol. The van der Waals surface area contributed by atoms with Crippen molar-refractivity contribution in [3.8, 4) is 5.88 Å². The van der Waals surface area contributed by atoms with Gasteiger partial charge in [0, 0.05) is 46.0 Å². The number of aromatic nitrogens is 1. The molecule has 0 bridgehead atoms. The van der Waals surface area contributed by atoms with Crippen LogP contribution >= 0.6 is 24.0 Å². The molecule has 158 valence electrons. The van der Waals surface area contributed by atoms with Crippen molar-refractivity contribution in [3.63, 3.8) is 0 Å². The van der Waals surface area contributed by atoms with Crippen LogP contribution in [0.3, 0.4) is 0 Å². The predicted octanol–water partition coefficient (Wildman–Crippen LogP) is 2.80. The molecule has 0 unspecified atom stereocenters. The molecule has 1 aliphatic rings. The van der Waals surface area contributed by atoms with E-state index in [-0.39, 0.29) is 35.3 Å². The highest BCUT2D eigenvalue weighted by Gasteiger charge is 2.42. The zero-order valence-corrected chi connectivity index (χ0v) is 19.8. The van der Waals surface area contributed by atoms with Crippen molar-refractivity contribution in [2.45, 2.75) is 45.6 Å².